The Morgan fingerprint density at radius 3 is 2.37 bits per heavy atom. The number of amides is 1. The summed E-state index contributed by atoms with van der Waals surface area (Å²) in [7, 11) is 1.78. The predicted octanol–water partition coefficient (Wildman–Crippen LogP) is 4.47. The predicted molar refractivity (Wildman–Crippen MR) is 122 cm³/mol. The number of halogens is 2. The van der Waals surface area contributed by atoms with Gasteiger partial charge in [0.2, 0.25) is 5.91 Å². The van der Waals surface area contributed by atoms with Gasteiger partial charge in [0.15, 0.2) is 0 Å². The van der Waals surface area contributed by atoms with Crippen LogP contribution in [0, 0.1) is 6.92 Å². The maximum Gasteiger partial charge on any atom is 0.295 e. The Balaban J connectivity index is 1.78. The van der Waals surface area contributed by atoms with Gasteiger partial charge >= 0.3 is 0 Å². The standard InChI is InChI=1S/C22H24Cl2N4O2/c1-13(18-11-10-16(23)12-19(18)24)25-14(2)21(29)26-20-15(3)27(4)28(22(20)30)17-8-6-5-7-9-17/h5-14,25H,1-4H3,(H,26,29)/t13-,14-/m1/s1. The summed E-state index contributed by atoms with van der Waals surface area (Å²) in [5, 5.41) is 7.07. The van der Waals surface area contributed by atoms with Crippen molar-refractivity contribution < 1.29 is 4.79 Å². The Morgan fingerprint density at radius 2 is 1.73 bits per heavy atom. The third kappa shape index (κ3) is 4.46. The Kier molecular flexibility index (Phi) is 6.71. The molecule has 8 heteroatoms. The third-order valence-corrected chi connectivity index (χ3v) is 5.69. The number of anilines is 1. The zero-order valence-corrected chi connectivity index (χ0v) is 18.8. The number of nitrogens with zero attached hydrogens (tertiary/aromatic N) is 2. The molecule has 2 atom stereocenters. The molecule has 1 aromatic heterocycles. The van der Waals surface area contributed by atoms with Crippen molar-refractivity contribution in [2.45, 2.75) is 32.9 Å². The highest BCUT2D eigenvalue weighted by atomic mass is 35.5. The monoisotopic (exact) mass is 446 g/mol. The summed E-state index contributed by atoms with van der Waals surface area (Å²) in [6, 6.07) is 13.8. The van der Waals surface area contributed by atoms with Gasteiger partial charge < -0.3 is 5.32 Å². The molecule has 6 nitrogen and oxygen atoms in total. The summed E-state index contributed by atoms with van der Waals surface area (Å²) in [6.45, 7) is 5.45. The summed E-state index contributed by atoms with van der Waals surface area (Å²) < 4.78 is 3.25. The Labute approximate surface area is 185 Å². The second kappa shape index (κ2) is 9.08. The molecule has 158 valence electrons. The smallest absolute Gasteiger partial charge is 0.295 e. The van der Waals surface area contributed by atoms with E-state index in [1.807, 2.05) is 43.3 Å². The molecule has 0 aliphatic carbocycles. The second-order valence-corrected chi connectivity index (χ2v) is 8.05. The molecule has 0 aliphatic heterocycles. The molecular formula is C22H24Cl2N4O2. The molecule has 3 aromatic rings. The molecule has 1 heterocycles. The van der Waals surface area contributed by atoms with Crippen molar-refractivity contribution >= 4 is 34.8 Å². The maximum absolute atomic E-state index is 13.0. The lowest BCUT2D eigenvalue weighted by Gasteiger charge is -2.20. The van der Waals surface area contributed by atoms with Gasteiger partial charge in [-0.1, -0.05) is 47.5 Å². The number of hydrogen-bond acceptors (Lipinski definition) is 3. The minimum Gasteiger partial charge on any atom is -0.319 e. The fourth-order valence-electron chi connectivity index (χ4n) is 3.34. The van der Waals surface area contributed by atoms with Crippen LogP contribution in [0.5, 0.6) is 0 Å². The van der Waals surface area contributed by atoms with Crippen LogP contribution in [-0.2, 0) is 11.8 Å². The van der Waals surface area contributed by atoms with E-state index in [9.17, 15) is 9.59 Å². The summed E-state index contributed by atoms with van der Waals surface area (Å²) >= 11 is 12.2. The van der Waals surface area contributed by atoms with E-state index in [0.29, 0.717) is 15.7 Å². The first kappa shape index (κ1) is 22.2. The normalized spacial score (nSPS) is 13.1. The van der Waals surface area contributed by atoms with Crippen molar-refractivity contribution in [2.75, 3.05) is 5.32 Å². The lowest BCUT2D eigenvalue weighted by Crippen LogP contribution is -2.40. The molecule has 0 bridgehead atoms. The molecule has 1 amide bonds. The highest BCUT2D eigenvalue weighted by molar-refractivity contribution is 6.35. The van der Waals surface area contributed by atoms with Crippen LogP contribution < -0.4 is 16.2 Å². The van der Waals surface area contributed by atoms with Gasteiger partial charge in [-0.3, -0.25) is 19.6 Å². The third-order valence-electron chi connectivity index (χ3n) is 5.12. The molecule has 0 radical (unpaired) electrons. The van der Waals surface area contributed by atoms with Crippen molar-refractivity contribution in [1.82, 2.24) is 14.7 Å². The molecule has 2 aromatic carbocycles. The molecule has 0 saturated carbocycles. The second-order valence-electron chi connectivity index (χ2n) is 7.20. The number of para-hydroxylation sites is 1. The van der Waals surface area contributed by atoms with Gasteiger partial charge in [0.25, 0.3) is 5.56 Å². The lowest BCUT2D eigenvalue weighted by molar-refractivity contribution is -0.117. The molecule has 0 saturated heterocycles. The first-order chi connectivity index (χ1) is 14.2. The van der Waals surface area contributed by atoms with Gasteiger partial charge in [-0.15, -0.1) is 0 Å². The van der Waals surface area contributed by atoms with Crippen molar-refractivity contribution in [1.29, 1.82) is 0 Å². The highest BCUT2D eigenvalue weighted by Gasteiger charge is 2.22. The number of carbonyl (C=O) groups excluding carboxylic acids is 1. The highest BCUT2D eigenvalue weighted by Crippen LogP contribution is 2.26. The number of carbonyl (C=O) groups is 1. The topological polar surface area (TPSA) is 68.1 Å². The minimum atomic E-state index is -0.559. The van der Waals surface area contributed by atoms with E-state index in [1.165, 1.54) is 4.68 Å². The summed E-state index contributed by atoms with van der Waals surface area (Å²) in [4.78, 5) is 25.8. The number of rotatable bonds is 6. The van der Waals surface area contributed by atoms with Crippen LogP contribution in [0.1, 0.15) is 31.1 Å². The number of nitrogens with one attached hydrogen (secondary N) is 2. The Bertz CT molecular complexity index is 1120. The van der Waals surface area contributed by atoms with E-state index in [2.05, 4.69) is 10.6 Å². The molecule has 3 rings (SSSR count). The van der Waals surface area contributed by atoms with E-state index in [1.54, 1.807) is 37.7 Å². The first-order valence-corrected chi connectivity index (χ1v) is 10.3. The van der Waals surface area contributed by atoms with Crippen molar-refractivity contribution in [3.8, 4) is 5.69 Å². The van der Waals surface area contributed by atoms with Crippen LogP contribution in [-0.4, -0.2) is 21.3 Å². The zero-order chi connectivity index (χ0) is 22.0. The Morgan fingerprint density at radius 1 is 1.07 bits per heavy atom. The molecule has 0 fully saturated rings. The summed E-state index contributed by atoms with van der Waals surface area (Å²) in [5.41, 5.74) is 2.21. The molecular weight excluding hydrogens is 423 g/mol. The average Bonchev–Trinajstić information content (AvgIpc) is 2.91. The van der Waals surface area contributed by atoms with Crippen molar-refractivity contribution in [3.63, 3.8) is 0 Å². The van der Waals surface area contributed by atoms with Crippen LogP contribution in [0.3, 0.4) is 0 Å². The van der Waals surface area contributed by atoms with Gasteiger partial charge in [0.1, 0.15) is 5.69 Å². The maximum atomic E-state index is 13.0. The van der Waals surface area contributed by atoms with Crippen LogP contribution in [0.2, 0.25) is 10.0 Å². The van der Waals surface area contributed by atoms with Crippen molar-refractivity contribution in [3.05, 3.63) is 80.2 Å². The van der Waals surface area contributed by atoms with E-state index in [-0.39, 0.29) is 23.2 Å². The minimum absolute atomic E-state index is 0.187. The van der Waals surface area contributed by atoms with Crippen molar-refractivity contribution in [2.24, 2.45) is 7.05 Å². The van der Waals surface area contributed by atoms with Crippen LogP contribution in [0.4, 0.5) is 5.69 Å². The molecule has 2 N–H and O–H groups in total. The first-order valence-electron chi connectivity index (χ1n) is 9.56. The quantitative estimate of drug-likeness (QED) is 0.586. The van der Waals surface area contributed by atoms with Crippen LogP contribution in [0.25, 0.3) is 5.69 Å². The number of aromatic nitrogens is 2. The number of benzene rings is 2. The largest absolute Gasteiger partial charge is 0.319 e. The molecule has 30 heavy (non-hydrogen) atoms. The Hall–Kier alpha value is -2.54. The SMILES string of the molecule is Cc1c(NC(=O)[C@@H](C)N[C@H](C)c2ccc(Cl)cc2Cl)c(=O)n(-c2ccccc2)n1C. The molecule has 0 unspecified atom stereocenters. The van der Waals surface area contributed by atoms with Crippen LogP contribution >= 0.6 is 23.2 Å². The van der Waals surface area contributed by atoms with Gasteiger partial charge in [-0.2, -0.15) is 0 Å². The van der Waals surface area contributed by atoms with Gasteiger partial charge in [-0.05, 0) is 50.6 Å². The van der Waals surface area contributed by atoms with E-state index in [4.69, 9.17) is 23.2 Å². The summed E-state index contributed by atoms with van der Waals surface area (Å²) in [5.74, 6) is -0.307. The van der Waals surface area contributed by atoms with Crippen LogP contribution in [0.15, 0.2) is 53.3 Å². The fraction of sp³-hybridized carbons (Fsp3) is 0.273. The summed E-state index contributed by atoms with van der Waals surface area (Å²) in [6.07, 6.45) is 0. The fourth-order valence-corrected chi connectivity index (χ4v) is 3.91. The average molecular weight is 447 g/mol. The van der Waals surface area contributed by atoms with Gasteiger partial charge in [0, 0.05) is 23.1 Å². The van der Waals surface area contributed by atoms with Gasteiger partial charge in [0.05, 0.1) is 17.4 Å². The molecule has 0 aliphatic rings. The molecule has 0 spiro atoms. The zero-order valence-electron chi connectivity index (χ0n) is 17.2. The number of hydrogen-bond donors (Lipinski definition) is 2. The lowest BCUT2D eigenvalue weighted by atomic mass is 10.1. The van der Waals surface area contributed by atoms with E-state index in [0.717, 1.165) is 11.3 Å². The van der Waals surface area contributed by atoms with Gasteiger partial charge in [-0.25, -0.2) is 4.68 Å². The van der Waals surface area contributed by atoms with E-state index < -0.39 is 6.04 Å². The van der Waals surface area contributed by atoms with E-state index >= 15 is 0 Å².